The summed E-state index contributed by atoms with van der Waals surface area (Å²) in [5, 5.41) is 9.24. The fourth-order valence-corrected chi connectivity index (χ4v) is 2.59. The highest BCUT2D eigenvalue weighted by atomic mass is 16.5. The molecule has 1 amide bonds. The van der Waals surface area contributed by atoms with Crippen molar-refractivity contribution in [2.75, 3.05) is 19.0 Å². The van der Waals surface area contributed by atoms with Gasteiger partial charge in [-0.25, -0.2) is 9.98 Å². The fraction of sp³-hybridized carbons (Fsp3) is 0.435. The molecule has 3 N–H and O–H groups in total. The van der Waals surface area contributed by atoms with Crippen LogP contribution in [0.1, 0.15) is 40.2 Å². The molecule has 0 saturated heterocycles. The molecule has 0 spiro atoms. The first-order valence-electron chi connectivity index (χ1n) is 10.3. The molecule has 0 fully saturated rings. The summed E-state index contributed by atoms with van der Waals surface area (Å²) in [5.74, 6) is 1.71. The average molecular weight is 428 g/mol. The zero-order chi connectivity index (χ0) is 22.9. The van der Waals surface area contributed by atoms with Gasteiger partial charge in [-0.1, -0.05) is 6.07 Å². The summed E-state index contributed by atoms with van der Waals surface area (Å²) in [6.07, 6.45) is 1.82. The standard InChI is InChI=1S/C23H33N5O3/c1-16(2)31-19-10-8-18(9-11-19)27-22(26-15-20(29)28-23(3,4)5)25-14-17-7-12-21(30-6)24-13-17/h7-13,16H,14-15H2,1-6H3,(H,28,29)(H2,25,26,27). The molecule has 168 valence electrons. The van der Waals surface area contributed by atoms with Crippen molar-refractivity contribution in [3.63, 3.8) is 0 Å². The third-order valence-electron chi connectivity index (χ3n) is 3.85. The van der Waals surface area contributed by atoms with E-state index in [9.17, 15) is 4.79 Å². The first-order chi connectivity index (χ1) is 14.6. The van der Waals surface area contributed by atoms with Crippen LogP contribution < -0.4 is 25.4 Å². The first kappa shape index (κ1) is 24.0. The summed E-state index contributed by atoms with van der Waals surface area (Å²) in [6, 6.07) is 11.3. The normalized spacial score (nSPS) is 11.8. The Kier molecular flexibility index (Phi) is 8.66. The second kappa shape index (κ2) is 11.2. The third-order valence-corrected chi connectivity index (χ3v) is 3.85. The lowest BCUT2D eigenvalue weighted by Gasteiger charge is -2.21. The molecule has 31 heavy (non-hydrogen) atoms. The molecule has 1 aromatic carbocycles. The molecule has 0 aliphatic rings. The van der Waals surface area contributed by atoms with E-state index in [1.807, 2.05) is 65.0 Å². The van der Waals surface area contributed by atoms with Crippen LogP contribution in [0.2, 0.25) is 0 Å². The van der Waals surface area contributed by atoms with Crippen molar-refractivity contribution in [3.05, 3.63) is 48.2 Å². The van der Waals surface area contributed by atoms with Crippen LogP contribution in [0, 0.1) is 0 Å². The van der Waals surface area contributed by atoms with Crippen LogP contribution in [-0.4, -0.2) is 42.1 Å². The Morgan fingerprint density at radius 2 is 1.84 bits per heavy atom. The van der Waals surface area contributed by atoms with Crippen molar-refractivity contribution in [2.45, 2.75) is 52.8 Å². The Labute approximate surface area is 184 Å². The van der Waals surface area contributed by atoms with Gasteiger partial charge in [-0.3, -0.25) is 4.79 Å². The number of hydrogen-bond donors (Lipinski definition) is 3. The predicted octanol–water partition coefficient (Wildman–Crippen LogP) is 3.35. The van der Waals surface area contributed by atoms with Gasteiger partial charge in [-0.2, -0.15) is 0 Å². The van der Waals surface area contributed by atoms with Gasteiger partial charge < -0.3 is 25.4 Å². The zero-order valence-electron chi connectivity index (χ0n) is 19.2. The van der Waals surface area contributed by atoms with Gasteiger partial charge in [0.2, 0.25) is 11.8 Å². The molecule has 0 atom stereocenters. The number of anilines is 1. The summed E-state index contributed by atoms with van der Waals surface area (Å²) >= 11 is 0. The number of ether oxygens (including phenoxy) is 2. The van der Waals surface area contributed by atoms with E-state index in [4.69, 9.17) is 9.47 Å². The van der Waals surface area contributed by atoms with E-state index in [0.717, 1.165) is 17.0 Å². The molecule has 0 aliphatic heterocycles. The number of hydrogen-bond acceptors (Lipinski definition) is 5. The maximum atomic E-state index is 12.2. The van der Waals surface area contributed by atoms with E-state index in [1.54, 1.807) is 19.4 Å². The van der Waals surface area contributed by atoms with Crippen molar-refractivity contribution < 1.29 is 14.3 Å². The molecular weight excluding hydrogens is 394 g/mol. The lowest BCUT2D eigenvalue weighted by molar-refractivity contribution is -0.121. The number of aliphatic imine (C=N–C) groups is 1. The van der Waals surface area contributed by atoms with Gasteiger partial charge in [0, 0.05) is 23.5 Å². The van der Waals surface area contributed by atoms with Gasteiger partial charge in [-0.05, 0) is 64.4 Å². The Morgan fingerprint density at radius 1 is 1.13 bits per heavy atom. The lowest BCUT2D eigenvalue weighted by atomic mass is 10.1. The Balaban J connectivity index is 2.09. The quantitative estimate of drug-likeness (QED) is 0.442. The lowest BCUT2D eigenvalue weighted by Crippen LogP contribution is -2.46. The Morgan fingerprint density at radius 3 is 2.39 bits per heavy atom. The molecular formula is C23H33N5O3. The van der Waals surface area contributed by atoms with Crippen molar-refractivity contribution in [3.8, 4) is 11.6 Å². The van der Waals surface area contributed by atoms with Crippen molar-refractivity contribution in [1.82, 2.24) is 15.6 Å². The number of methoxy groups -OCH3 is 1. The molecule has 8 heteroatoms. The van der Waals surface area contributed by atoms with E-state index < -0.39 is 0 Å². The molecule has 1 heterocycles. The van der Waals surface area contributed by atoms with Crippen LogP contribution in [-0.2, 0) is 11.3 Å². The highest BCUT2D eigenvalue weighted by Crippen LogP contribution is 2.17. The van der Waals surface area contributed by atoms with Gasteiger partial charge >= 0.3 is 0 Å². The summed E-state index contributed by atoms with van der Waals surface area (Å²) in [6.45, 7) is 10.3. The van der Waals surface area contributed by atoms with Crippen LogP contribution >= 0.6 is 0 Å². The highest BCUT2D eigenvalue weighted by molar-refractivity contribution is 5.96. The minimum Gasteiger partial charge on any atom is -0.491 e. The minimum atomic E-state index is -0.301. The van der Waals surface area contributed by atoms with E-state index in [1.165, 1.54) is 0 Å². The second-order valence-corrected chi connectivity index (χ2v) is 8.34. The van der Waals surface area contributed by atoms with Gasteiger partial charge in [-0.15, -0.1) is 0 Å². The number of benzene rings is 1. The van der Waals surface area contributed by atoms with Gasteiger partial charge in [0.25, 0.3) is 0 Å². The molecule has 0 aliphatic carbocycles. The summed E-state index contributed by atoms with van der Waals surface area (Å²) in [7, 11) is 1.58. The number of amides is 1. The molecule has 0 saturated carbocycles. The van der Waals surface area contributed by atoms with Gasteiger partial charge in [0.15, 0.2) is 5.96 Å². The molecule has 0 unspecified atom stereocenters. The molecule has 2 rings (SSSR count). The van der Waals surface area contributed by atoms with Crippen LogP contribution in [0.15, 0.2) is 47.6 Å². The molecule has 8 nitrogen and oxygen atoms in total. The summed E-state index contributed by atoms with van der Waals surface area (Å²) in [5.41, 5.74) is 1.44. The Bertz CT molecular complexity index is 856. The van der Waals surface area contributed by atoms with E-state index in [2.05, 4.69) is 25.9 Å². The number of carbonyl (C=O) groups excluding carboxylic acids is 1. The smallest absolute Gasteiger partial charge is 0.239 e. The number of pyridine rings is 1. The van der Waals surface area contributed by atoms with E-state index in [-0.39, 0.29) is 24.1 Å². The second-order valence-electron chi connectivity index (χ2n) is 8.34. The number of nitrogens with one attached hydrogen (secondary N) is 3. The SMILES string of the molecule is COc1ccc(CN=C(NCC(=O)NC(C)(C)C)Nc2ccc(OC(C)C)cc2)cn1. The number of guanidine groups is 1. The monoisotopic (exact) mass is 427 g/mol. The third kappa shape index (κ3) is 9.37. The van der Waals surface area contributed by atoms with E-state index >= 15 is 0 Å². The highest BCUT2D eigenvalue weighted by Gasteiger charge is 2.14. The van der Waals surface area contributed by atoms with Crippen LogP contribution in [0.25, 0.3) is 0 Å². The maximum absolute atomic E-state index is 12.2. The zero-order valence-corrected chi connectivity index (χ0v) is 19.2. The van der Waals surface area contributed by atoms with Gasteiger partial charge in [0.05, 0.1) is 26.3 Å². The molecule has 2 aromatic rings. The predicted molar refractivity (Wildman–Crippen MR) is 124 cm³/mol. The number of aromatic nitrogens is 1. The molecule has 0 bridgehead atoms. The largest absolute Gasteiger partial charge is 0.491 e. The summed E-state index contributed by atoms with van der Waals surface area (Å²) in [4.78, 5) is 21.0. The Hall–Kier alpha value is -3.29. The van der Waals surface area contributed by atoms with Crippen molar-refractivity contribution in [1.29, 1.82) is 0 Å². The molecule has 1 aromatic heterocycles. The number of nitrogens with zero attached hydrogens (tertiary/aromatic N) is 2. The minimum absolute atomic E-state index is 0.0957. The first-order valence-corrected chi connectivity index (χ1v) is 10.3. The molecule has 0 radical (unpaired) electrons. The average Bonchev–Trinajstić information content (AvgIpc) is 2.70. The van der Waals surface area contributed by atoms with Crippen molar-refractivity contribution in [2.24, 2.45) is 4.99 Å². The topological polar surface area (TPSA) is 96.9 Å². The van der Waals surface area contributed by atoms with Gasteiger partial charge in [0.1, 0.15) is 5.75 Å². The van der Waals surface area contributed by atoms with Crippen LogP contribution in [0.3, 0.4) is 0 Å². The number of rotatable bonds is 8. The maximum Gasteiger partial charge on any atom is 0.239 e. The fourth-order valence-electron chi connectivity index (χ4n) is 2.59. The van der Waals surface area contributed by atoms with Crippen LogP contribution in [0.5, 0.6) is 11.6 Å². The van der Waals surface area contributed by atoms with Crippen LogP contribution in [0.4, 0.5) is 5.69 Å². The number of carbonyl (C=O) groups is 1. The summed E-state index contributed by atoms with van der Waals surface area (Å²) < 4.78 is 10.8. The van der Waals surface area contributed by atoms with E-state index in [0.29, 0.717) is 18.4 Å². The van der Waals surface area contributed by atoms with Crippen molar-refractivity contribution >= 4 is 17.6 Å².